The van der Waals surface area contributed by atoms with Crippen molar-refractivity contribution in [1.29, 1.82) is 0 Å². The van der Waals surface area contributed by atoms with Crippen LogP contribution in [0.4, 0.5) is 0 Å². The van der Waals surface area contributed by atoms with Gasteiger partial charge in [-0.05, 0) is 44.1 Å². The molecule has 0 saturated carbocycles. The van der Waals surface area contributed by atoms with Crippen molar-refractivity contribution in [2.75, 3.05) is 0 Å². The molecule has 0 aromatic rings. The van der Waals surface area contributed by atoms with Gasteiger partial charge in [0, 0.05) is 0 Å². The van der Waals surface area contributed by atoms with Gasteiger partial charge in [-0.15, -0.1) is 0 Å². The number of allylic oxidation sites excluding steroid dienone is 11. The molecule has 0 aromatic carbocycles. The van der Waals surface area contributed by atoms with Gasteiger partial charge in [-0.3, -0.25) is 0 Å². The highest BCUT2D eigenvalue weighted by molar-refractivity contribution is 7.71. The Labute approximate surface area is 161 Å². The third-order valence-corrected chi connectivity index (χ3v) is 5.18. The molecule has 0 nitrogen and oxygen atoms in total. The van der Waals surface area contributed by atoms with E-state index in [0.29, 0.717) is 0 Å². The molecule has 0 amide bonds. The highest BCUT2D eigenvalue weighted by atomic mass is 31.1. The maximum Gasteiger partial charge on any atom is -0.0141 e. The monoisotopic (exact) mass is 362 g/mol. The normalized spacial score (nSPS) is 12.4. The van der Waals surface area contributed by atoms with E-state index in [0.717, 1.165) is 6.42 Å². The topological polar surface area (TPSA) is 0 Å². The van der Waals surface area contributed by atoms with Crippen molar-refractivity contribution in [3.8, 4) is 0 Å². The van der Waals surface area contributed by atoms with Gasteiger partial charge in [0.15, 0.2) is 0 Å². The molecule has 0 N–H and O–H groups in total. The van der Waals surface area contributed by atoms with Crippen molar-refractivity contribution in [2.45, 2.75) is 68.7 Å². The third-order valence-electron chi connectivity index (χ3n) is 2.53. The van der Waals surface area contributed by atoms with E-state index in [4.69, 9.17) is 0 Å². The van der Waals surface area contributed by atoms with E-state index < -0.39 is 7.92 Å². The molecule has 0 aliphatic carbocycles. The van der Waals surface area contributed by atoms with Gasteiger partial charge in [0.25, 0.3) is 0 Å². The van der Waals surface area contributed by atoms with Crippen LogP contribution in [0.3, 0.4) is 0 Å². The lowest BCUT2D eigenvalue weighted by atomic mass is 10.4. The first-order valence-corrected chi connectivity index (χ1v) is 10.9. The zero-order valence-electron chi connectivity index (χ0n) is 18.4. The molecule has 1 unspecified atom stereocenters. The lowest BCUT2D eigenvalue weighted by molar-refractivity contribution is 1.22. The first-order valence-electron chi connectivity index (χ1n) is 9.56. The van der Waals surface area contributed by atoms with Crippen LogP contribution in [0.1, 0.15) is 68.7 Å². The molecule has 25 heavy (non-hydrogen) atoms. The second-order valence-electron chi connectivity index (χ2n) is 3.82. The summed E-state index contributed by atoms with van der Waals surface area (Å²) in [6, 6.07) is 0. The second kappa shape index (κ2) is 27.5. The molecule has 0 saturated heterocycles. The lowest BCUT2D eigenvalue weighted by Gasteiger charge is -2.21. The molecule has 0 spiro atoms. The maximum absolute atomic E-state index is 3.96. The van der Waals surface area contributed by atoms with E-state index >= 15 is 0 Å². The van der Waals surface area contributed by atoms with E-state index in [1.54, 1.807) is 0 Å². The van der Waals surface area contributed by atoms with Gasteiger partial charge in [-0.25, -0.2) is 0 Å². The van der Waals surface area contributed by atoms with E-state index in [-0.39, 0.29) is 0 Å². The molecule has 1 atom stereocenters. The van der Waals surface area contributed by atoms with Crippen molar-refractivity contribution >= 4 is 7.92 Å². The average molecular weight is 363 g/mol. The number of rotatable bonds is 8. The van der Waals surface area contributed by atoms with Crippen LogP contribution < -0.4 is 0 Å². The van der Waals surface area contributed by atoms with Gasteiger partial charge in [0.2, 0.25) is 0 Å². The van der Waals surface area contributed by atoms with Crippen molar-refractivity contribution in [2.24, 2.45) is 0 Å². The van der Waals surface area contributed by atoms with Gasteiger partial charge in [0.1, 0.15) is 0 Å². The summed E-state index contributed by atoms with van der Waals surface area (Å²) in [7, 11) is -0.580. The maximum atomic E-state index is 3.96. The van der Waals surface area contributed by atoms with Crippen LogP contribution in [0, 0.1) is 0 Å². The van der Waals surface area contributed by atoms with Gasteiger partial charge in [-0.2, -0.15) is 0 Å². The minimum atomic E-state index is -0.580. The van der Waals surface area contributed by atoms with Crippen LogP contribution in [-0.2, 0) is 0 Å². The fourth-order valence-electron chi connectivity index (χ4n) is 1.75. The average Bonchev–Trinajstić information content (AvgIpc) is 2.70. The molecule has 0 aromatic heterocycles. The highest BCUT2D eigenvalue weighted by Crippen LogP contribution is 2.60. The summed E-state index contributed by atoms with van der Waals surface area (Å²) >= 11 is 0. The zero-order chi connectivity index (χ0) is 20.7. The first-order chi connectivity index (χ1) is 12.2. The van der Waals surface area contributed by atoms with Crippen LogP contribution >= 0.6 is 7.92 Å². The summed E-state index contributed by atoms with van der Waals surface area (Å²) in [6.07, 6.45) is 17.4. The molecule has 144 valence electrons. The summed E-state index contributed by atoms with van der Waals surface area (Å²) in [5.74, 6) is 0. The Bertz CT molecular complexity index is 429. The lowest BCUT2D eigenvalue weighted by Crippen LogP contribution is -1.86. The van der Waals surface area contributed by atoms with Crippen LogP contribution in [0.25, 0.3) is 0 Å². The van der Waals surface area contributed by atoms with Crippen molar-refractivity contribution in [3.63, 3.8) is 0 Å². The predicted molar refractivity (Wildman–Crippen MR) is 127 cm³/mol. The van der Waals surface area contributed by atoms with Gasteiger partial charge in [-0.1, -0.05) is 117 Å². The largest absolute Gasteiger partial charge is 0.0990 e. The summed E-state index contributed by atoms with van der Waals surface area (Å²) in [4.78, 5) is 0. The molecular weight excluding hydrogens is 319 g/mol. The molecule has 0 heterocycles. The Hall–Kier alpha value is -1.39. The number of hydrogen-bond donors (Lipinski definition) is 0. The Kier molecular flexibility index (Phi) is 34.5. The van der Waals surface area contributed by atoms with E-state index in [1.165, 1.54) is 15.9 Å². The highest BCUT2D eigenvalue weighted by Gasteiger charge is 2.17. The minimum Gasteiger partial charge on any atom is -0.0990 e. The summed E-state index contributed by atoms with van der Waals surface area (Å²) in [5.41, 5.74) is 0. The van der Waals surface area contributed by atoms with Crippen molar-refractivity contribution in [3.05, 3.63) is 84.3 Å². The molecule has 0 aliphatic rings. The Morgan fingerprint density at radius 3 is 1.56 bits per heavy atom. The summed E-state index contributed by atoms with van der Waals surface area (Å²) in [5, 5.41) is 3.79. The Morgan fingerprint density at radius 2 is 1.28 bits per heavy atom. The smallest absolute Gasteiger partial charge is 0.0141 e. The van der Waals surface area contributed by atoms with Crippen LogP contribution in [-0.4, -0.2) is 0 Å². The van der Waals surface area contributed by atoms with E-state index in [1.807, 2.05) is 72.8 Å². The quantitative estimate of drug-likeness (QED) is 0.298. The third kappa shape index (κ3) is 14.6. The molecule has 0 aliphatic heterocycles. The molecule has 0 bridgehead atoms. The van der Waals surface area contributed by atoms with Crippen molar-refractivity contribution in [1.82, 2.24) is 0 Å². The SMILES string of the molecule is C=C/C=C(\C=C)P(/C(C=C)=C/CC)C(/C=C\C)=C/C.CC.CC.CC. The molecule has 0 fully saturated rings. The van der Waals surface area contributed by atoms with Crippen molar-refractivity contribution < 1.29 is 0 Å². The zero-order valence-corrected chi connectivity index (χ0v) is 19.3. The van der Waals surface area contributed by atoms with E-state index in [2.05, 4.69) is 57.9 Å². The fraction of sp³-hybridized carbons (Fsp3) is 0.417. The standard InChI is InChI=1S/C18H25P.3C2H6/c1-7-13-16(10-4)19(17(11-5)14-8-2)18(12-6)15-9-3;3*1-2/h7,9-15H,1,4-5,8H2,2-3,6H3;3*1-2H3/b15-9-,16-13+,17-14+,18-12+;;;. The van der Waals surface area contributed by atoms with Crippen LogP contribution in [0.2, 0.25) is 0 Å². The van der Waals surface area contributed by atoms with Gasteiger partial charge in [0.05, 0.1) is 0 Å². The van der Waals surface area contributed by atoms with Gasteiger partial charge >= 0.3 is 0 Å². The molecule has 0 rings (SSSR count). The molecule has 1 heteroatoms. The minimum absolute atomic E-state index is 0.580. The number of hydrogen-bond acceptors (Lipinski definition) is 0. The predicted octanol–water partition coefficient (Wildman–Crippen LogP) is 9.76. The second-order valence-corrected chi connectivity index (χ2v) is 6.04. The first kappa shape index (κ1) is 31.4. The van der Waals surface area contributed by atoms with Crippen LogP contribution in [0.15, 0.2) is 84.3 Å². The van der Waals surface area contributed by atoms with Crippen LogP contribution in [0.5, 0.6) is 0 Å². The van der Waals surface area contributed by atoms with E-state index in [9.17, 15) is 0 Å². The van der Waals surface area contributed by atoms with Gasteiger partial charge < -0.3 is 0 Å². The Balaban J connectivity index is -0.000000329. The molecular formula is C24H43P. The fourth-order valence-corrected chi connectivity index (χ4v) is 4.18. The summed E-state index contributed by atoms with van der Waals surface area (Å²) < 4.78 is 0. The molecule has 0 radical (unpaired) electrons. The Morgan fingerprint density at radius 1 is 0.800 bits per heavy atom. The summed E-state index contributed by atoms with van der Waals surface area (Å²) in [6.45, 7) is 30.0.